The van der Waals surface area contributed by atoms with Gasteiger partial charge in [0.1, 0.15) is 17.4 Å². The van der Waals surface area contributed by atoms with Crippen molar-refractivity contribution in [2.24, 2.45) is 0 Å². The number of halogens is 1. The number of para-hydroxylation sites is 1. The van der Waals surface area contributed by atoms with Gasteiger partial charge in [0.25, 0.3) is 0 Å². The largest absolute Gasteiger partial charge is 0.497 e. The minimum Gasteiger partial charge on any atom is -0.497 e. The van der Waals surface area contributed by atoms with Gasteiger partial charge in [-0.15, -0.1) is 5.10 Å². The van der Waals surface area contributed by atoms with Crippen molar-refractivity contribution >= 4 is 10.9 Å². The average Bonchev–Trinajstić information content (AvgIpc) is 3.23. The van der Waals surface area contributed by atoms with Crippen LogP contribution in [0.3, 0.4) is 0 Å². The summed E-state index contributed by atoms with van der Waals surface area (Å²) in [6.45, 7) is 0. The minimum absolute atomic E-state index is 0.401. The Morgan fingerprint density at radius 1 is 1.00 bits per heavy atom. The van der Waals surface area contributed by atoms with Crippen LogP contribution >= 0.6 is 0 Å². The van der Waals surface area contributed by atoms with Gasteiger partial charge in [-0.1, -0.05) is 30.3 Å². The predicted octanol–water partition coefficient (Wildman–Crippen LogP) is 4.62. The van der Waals surface area contributed by atoms with E-state index >= 15 is 0 Å². The number of aromatic nitrogens is 5. The lowest BCUT2D eigenvalue weighted by Crippen LogP contribution is -2.05. The van der Waals surface area contributed by atoms with Crippen LogP contribution < -0.4 is 4.74 Å². The first-order valence-corrected chi connectivity index (χ1v) is 9.75. The maximum Gasteiger partial charge on any atom is 0.183 e. The Labute approximate surface area is 178 Å². The summed E-state index contributed by atoms with van der Waals surface area (Å²) in [7, 11) is 1.62. The van der Waals surface area contributed by atoms with Gasteiger partial charge in [0, 0.05) is 35.8 Å². The standard InChI is InChI=1S/C24H18FN5O/c1-31-21-9-3-8-20(13-21)30-22(28-24(29-30)18-11-19(25)15-26-14-18)12-17-6-2-5-16-7-4-10-27-23(16)17/h2-11,13-15H,12H2,1H3. The topological polar surface area (TPSA) is 65.7 Å². The zero-order chi connectivity index (χ0) is 21.2. The predicted molar refractivity (Wildman–Crippen MR) is 116 cm³/mol. The monoisotopic (exact) mass is 411 g/mol. The normalized spacial score (nSPS) is 11.0. The Kier molecular flexibility index (Phi) is 4.84. The van der Waals surface area contributed by atoms with E-state index in [4.69, 9.17) is 9.72 Å². The fraction of sp³-hybridized carbons (Fsp3) is 0.0833. The van der Waals surface area contributed by atoms with Gasteiger partial charge >= 0.3 is 0 Å². The third kappa shape index (κ3) is 3.73. The number of hydrogen-bond acceptors (Lipinski definition) is 5. The highest BCUT2D eigenvalue weighted by molar-refractivity contribution is 5.81. The van der Waals surface area contributed by atoms with Crippen molar-refractivity contribution in [2.45, 2.75) is 6.42 Å². The van der Waals surface area contributed by atoms with E-state index in [-0.39, 0.29) is 0 Å². The van der Waals surface area contributed by atoms with Gasteiger partial charge in [0.05, 0.1) is 24.5 Å². The van der Waals surface area contributed by atoms with Crippen molar-refractivity contribution in [1.82, 2.24) is 24.7 Å². The second-order valence-electron chi connectivity index (χ2n) is 7.03. The molecular weight excluding hydrogens is 393 g/mol. The summed E-state index contributed by atoms with van der Waals surface area (Å²) in [5.41, 5.74) is 3.25. The van der Waals surface area contributed by atoms with Crippen LogP contribution in [-0.2, 0) is 6.42 Å². The Bertz CT molecular complexity index is 1380. The van der Waals surface area contributed by atoms with E-state index < -0.39 is 5.82 Å². The van der Waals surface area contributed by atoms with Crippen LogP contribution in [0.4, 0.5) is 4.39 Å². The summed E-state index contributed by atoms with van der Waals surface area (Å²) >= 11 is 0. The molecule has 0 N–H and O–H groups in total. The third-order valence-electron chi connectivity index (χ3n) is 5.00. The molecular formula is C24H18FN5O. The molecule has 0 bridgehead atoms. The second-order valence-corrected chi connectivity index (χ2v) is 7.03. The van der Waals surface area contributed by atoms with Crippen molar-refractivity contribution in [3.8, 4) is 22.8 Å². The number of nitrogens with zero attached hydrogens (tertiary/aromatic N) is 5. The zero-order valence-electron chi connectivity index (χ0n) is 16.7. The van der Waals surface area contributed by atoms with Gasteiger partial charge < -0.3 is 4.74 Å². The lowest BCUT2D eigenvalue weighted by molar-refractivity contribution is 0.414. The van der Waals surface area contributed by atoms with Crippen molar-refractivity contribution in [3.05, 3.63) is 96.5 Å². The van der Waals surface area contributed by atoms with E-state index in [1.54, 1.807) is 24.2 Å². The Morgan fingerprint density at radius 3 is 2.74 bits per heavy atom. The molecule has 0 saturated carbocycles. The molecule has 6 nitrogen and oxygen atoms in total. The summed E-state index contributed by atoms with van der Waals surface area (Å²) < 4.78 is 20.9. The molecule has 7 heteroatoms. The maximum atomic E-state index is 13.8. The molecule has 2 aromatic carbocycles. The lowest BCUT2D eigenvalue weighted by Gasteiger charge is -2.09. The van der Waals surface area contributed by atoms with Crippen LogP contribution in [0.15, 0.2) is 79.3 Å². The van der Waals surface area contributed by atoms with Crippen LogP contribution in [0.25, 0.3) is 28.0 Å². The van der Waals surface area contributed by atoms with E-state index in [1.807, 2.05) is 54.6 Å². The minimum atomic E-state index is -0.435. The fourth-order valence-corrected chi connectivity index (χ4v) is 3.54. The van der Waals surface area contributed by atoms with E-state index in [0.29, 0.717) is 29.4 Å². The quantitative estimate of drug-likeness (QED) is 0.422. The molecule has 3 heterocycles. The zero-order valence-corrected chi connectivity index (χ0v) is 16.7. The molecule has 31 heavy (non-hydrogen) atoms. The highest BCUT2D eigenvalue weighted by atomic mass is 19.1. The van der Waals surface area contributed by atoms with Gasteiger partial charge in [-0.2, -0.15) is 0 Å². The average molecular weight is 411 g/mol. The first-order valence-electron chi connectivity index (χ1n) is 9.75. The Hall–Kier alpha value is -4.13. The Morgan fingerprint density at radius 2 is 1.87 bits per heavy atom. The van der Waals surface area contributed by atoms with Crippen LogP contribution in [0.2, 0.25) is 0 Å². The van der Waals surface area contributed by atoms with Crippen molar-refractivity contribution in [3.63, 3.8) is 0 Å². The number of pyridine rings is 2. The molecule has 0 fully saturated rings. The van der Waals surface area contributed by atoms with Gasteiger partial charge in [0.2, 0.25) is 0 Å². The van der Waals surface area contributed by atoms with Crippen LogP contribution in [0, 0.1) is 5.82 Å². The molecule has 0 amide bonds. The van der Waals surface area contributed by atoms with Gasteiger partial charge in [-0.05, 0) is 29.8 Å². The summed E-state index contributed by atoms with van der Waals surface area (Å²) in [6, 6.07) is 19.0. The highest BCUT2D eigenvalue weighted by Gasteiger charge is 2.16. The Balaban J connectivity index is 1.65. The molecule has 3 aromatic heterocycles. The third-order valence-corrected chi connectivity index (χ3v) is 5.00. The van der Waals surface area contributed by atoms with Crippen LogP contribution in [0.5, 0.6) is 5.75 Å². The molecule has 5 rings (SSSR count). The van der Waals surface area contributed by atoms with Gasteiger partial charge in [-0.3, -0.25) is 9.97 Å². The first kappa shape index (κ1) is 18.9. The molecule has 0 radical (unpaired) electrons. The van der Waals surface area contributed by atoms with Crippen LogP contribution in [-0.4, -0.2) is 31.8 Å². The molecule has 152 valence electrons. The fourth-order valence-electron chi connectivity index (χ4n) is 3.54. The smallest absolute Gasteiger partial charge is 0.183 e. The second kappa shape index (κ2) is 7.95. The molecule has 0 spiro atoms. The summed E-state index contributed by atoms with van der Waals surface area (Å²) in [5.74, 6) is 1.37. The van der Waals surface area contributed by atoms with Crippen LogP contribution in [0.1, 0.15) is 11.4 Å². The van der Waals surface area contributed by atoms with Crippen molar-refractivity contribution < 1.29 is 9.13 Å². The summed E-state index contributed by atoms with van der Waals surface area (Å²) in [5, 5.41) is 5.72. The SMILES string of the molecule is COc1cccc(-n2nc(-c3cncc(F)c3)nc2Cc2cccc3cccnc23)c1. The summed E-state index contributed by atoms with van der Waals surface area (Å²) in [6.07, 6.45) is 4.99. The molecule has 0 saturated heterocycles. The number of ether oxygens (including phenoxy) is 1. The van der Waals surface area contributed by atoms with E-state index in [1.165, 1.54) is 6.07 Å². The van der Waals surface area contributed by atoms with Gasteiger partial charge in [-0.25, -0.2) is 14.1 Å². The number of methoxy groups -OCH3 is 1. The van der Waals surface area contributed by atoms with E-state index in [2.05, 4.69) is 15.1 Å². The van der Waals surface area contributed by atoms with E-state index in [0.717, 1.165) is 28.4 Å². The molecule has 0 atom stereocenters. The molecule has 0 aliphatic rings. The number of benzene rings is 2. The summed E-state index contributed by atoms with van der Waals surface area (Å²) in [4.78, 5) is 13.2. The molecule has 0 aliphatic heterocycles. The number of fused-ring (bicyclic) bond motifs is 1. The molecule has 5 aromatic rings. The number of hydrogen-bond donors (Lipinski definition) is 0. The molecule has 0 aliphatic carbocycles. The molecule has 0 unspecified atom stereocenters. The highest BCUT2D eigenvalue weighted by Crippen LogP contribution is 2.24. The van der Waals surface area contributed by atoms with Crippen molar-refractivity contribution in [1.29, 1.82) is 0 Å². The number of rotatable bonds is 5. The first-order chi connectivity index (χ1) is 15.2. The maximum absolute atomic E-state index is 13.8. The van der Waals surface area contributed by atoms with Crippen molar-refractivity contribution in [2.75, 3.05) is 7.11 Å². The lowest BCUT2D eigenvalue weighted by atomic mass is 10.1. The van der Waals surface area contributed by atoms with E-state index in [9.17, 15) is 4.39 Å². The van der Waals surface area contributed by atoms with Gasteiger partial charge in [0.15, 0.2) is 5.82 Å².